The Morgan fingerprint density at radius 1 is 1.50 bits per heavy atom. The molecule has 0 unspecified atom stereocenters. The molecule has 0 aliphatic carbocycles. The molecule has 1 atom stereocenters. The van der Waals surface area contributed by atoms with E-state index in [-0.39, 0.29) is 0 Å². The molecule has 14 heavy (non-hydrogen) atoms. The summed E-state index contributed by atoms with van der Waals surface area (Å²) in [4.78, 5) is 0. The number of halogens is 1. The van der Waals surface area contributed by atoms with E-state index in [1.807, 2.05) is 18.2 Å². The van der Waals surface area contributed by atoms with Crippen molar-refractivity contribution >= 4 is 15.9 Å². The van der Waals surface area contributed by atoms with Gasteiger partial charge in [0, 0.05) is 10.0 Å². The van der Waals surface area contributed by atoms with Crippen molar-refractivity contribution in [3.8, 4) is 5.75 Å². The van der Waals surface area contributed by atoms with Gasteiger partial charge in [-0.1, -0.05) is 22.9 Å². The predicted molar refractivity (Wildman–Crippen MR) is 60.6 cm³/mol. The highest BCUT2D eigenvalue weighted by Gasteiger charge is 2.09. The second-order valence-electron chi connectivity index (χ2n) is 3.21. The maximum atomic E-state index is 9.53. The highest BCUT2D eigenvalue weighted by molar-refractivity contribution is 9.10. The molecule has 0 bridgehead atoms. The van der Waals surface area contributed by atoms with Crippen LogP contribution in [0.4, 0.5) is 0 Å². The molecular weight excluding hydrogens is 244 g/mol. The van der Waals surface area contributed by atoms with Gasteiger partial charge in [0.1, 0.15) is 5.75 Å². The maximum Gasteiger partial charge on any atom is 0.125 e. The molecule has 1 N–H and O–H groups in total. The number of hydrogen-bond acceptors (Lipinski definition) is 2. The lowest BCUT2D eigenvalue weighted by Crippen LogP contribution is -2.01. The van der Waals surface area contributed by atoms with Crippen molar-refractivity contribution in [2.45, 2.75) is 26.4 Å². The van der Waals surface area contributed by atoms with E-state index >= 15 is 0 Å². The third-order valence-electron chi connectivity index (χ3n) is 1.88. The second kappa shape index (κ2) is 5.37. The number of hydrogen-bond donors (Lipinski definition) is 1. The van der Waals surface area contributed by atoms with Crippen LogP contribution in [-0.4, -0.2) is 11.7 Å². The fraction of sp³-hybridized carbons (Fsp3) is 0.455. The molecular formula is C11H15BrO2. The van der Waals surface area contributed by atoms with Gasteiger partial charge in [-0.3, -0.25) is 0 Å². The standard InChI is InChI=1S/C11H15BrO2/c1-3-6-14-11-5-4-9(12)7-10(11)8(2)13/h4-5,7-8,13H,3,6H2,1-2H3/t8-/m0/s1. The van der Waals surface area contributed by atoms with Gasteiger partial charge in [0.25, 0.3) is 0 Å². The van der Waals surface area contributed by atoms with Crippen LogP contribution in [0, 0.1) is 0 Å². The van der Waals surface area contributed by atoms with E-state index in [1.165, 1.54) is 0 Å². The van der Waals surface area contributed by atoms with Crippen molar-refractivity contribution in [3.63, 3.8) is 0 Å². The van der Waals surface area contributed by atoms with Gasteiger partial charge in [-0.2, -0.15) is 0 Å². The number of ether oxygens (including phenoxy) is 1. The Labute approximate surface area is 93.0 Å². The first-order chi connectivity index (χ1) is 6.65. The van der Waals surface area contributed by atoms with Crippen molar-refractivity contribution in [1.82, 2.24) is 0 Å². The molecule has 1 aromatic carbocycles. The minimum atomic E-state index is -0.501. The van der Waals surface area contributed by atoms with Gasteiger partial charge in [-0.25, -0.2) is 0 Å². The van der Waals surface area contributed by atoms with Gasteiger partial charge in [0.2, 0.25) is 0 Å². The van der Waals surface area contributed by atoms with Crippen molar-refractivity contribution in [2.75, 3.05) is 6.61 Å². The smallest absolute Gasteiger partial charge is 0.125 e. The summed E-state index contributed by atoms with van der Waals surface area (Å²) in [6, 6.07) is 5.67. The number of benzene rings is 1. The summed E-state index contributed by atoms with van der Waals surface area (Å²) in [5.74, 6) is 0.769. The minimum absolute atomic E-state index is 0.501. The monoisotopic (exact) mass is 258 g/mol. The van der Waals surface area contributed by atoms with Gasteiger partial charge >= 0.3 is 0 Å². The van der Waals surface area contributed by atoms with E-state index in [4.69, 9.17) is 4.74 Å². The molecule has 0 saturated heterocycles. The highest BCUT2D eigenvalue weighted by atomic mass is 79.9. The Hall–Kier alpha value is -0.540. The molecule has 1 rings (SSSR count). The van der Waals surface area contributed by atoms with E-state index in [0.29, 0.717) is 6.61 Å². The summed E-state index contributed by atoms with van der Waals surface area (Å²) < 4.78 is 6.48. The first kappa shape index (κ1) is 11.5. The third-order valence-corrected chi connectivity index (χ3v) is 2.38. The molecule has 2 nitrogen and oxygen atoms in total. The topological polar surface area (TPSA) is 29.5 Å². The summed E-state index contributed by atoms with van der Waals surface area (Å²) >= 11 is 3.37. The van der Waals surface area contributed by atoms with Crippen molar-refractivity contribution in [1.29, 1.82) is 0 Å². The van der Waals surface area contributed by atoms with Crippen LogP contribution in [0.3, 0.4) is 0 Å². The lowest BCUT2D eigenvalue weighted by atomic mass is 10.1. The van der Waals surface area contributed by atoms with Crippen molar-refractivity contribution < 1.29 is 9.84 Å². The normalized spacial score (nSPS) is 12.6. The second-order valence-corrected chi connectivity index (χ2v) is 4.12. The van der Waals surface area contributed by atoms with E-state index in [2.05, 4.69) is 22.9 Å². The Morgan fingerprint density at radius 3 is 2.79 bits per heavy atom. The molecule has 0 aliphatic heterocycles. The molecule has 0 aliphatic rings. The average molecular weight is 259 g/mol. The molecule has 1 aromatic rings. The molecule has 0 fully saturated rings. The average Bonchev–Trinajstić information content (AvgIpc) is 2.15. The Kier molecular flexibility index (Phi) is 4.42. The molecule has 0 aromatic heterocycles. The zero-order valence-electron chi connectivity index (χ0n) is 8.46. The van der Waals surface area contributed by atoms with Crippen LogP contribution < -0.4 is 4.74 Å². The fourth-order valence-electron chi connectivity index (χ4n) is 1.19. The van der Waals surface area contributed by atoms with Gasteiger partial charge in [-0.15, -0.1) is 0 Å². The zero-order valence-corrected chi connectivity index (χ0v) is 10.0. The van der Waals surface area contributed by atoms with Gasteiger partial charge in [0.05, 0.1) is 12.7 Å². The SMILES string of the molecule is CCCOc1ccc(Br)cc1[C@H](C)O. The molecule has 78 valence electrons. The van der Waals surface area contributed by atoms with Crippen LogP contribution in [-0.2, 0) is 0 Å². The van der Waals surface area contributed by atoms with E-state index in [9.17, 15) is 5.11 Å². The number of aliphatic hydroxyl groups excluding tert-OH is 1. The van der Waals surface area contributed by atoms with E-state index in [1.54, 1.807) is 6.92 Å². The lowest BCUT2D eigenvalue weighted by molar-refractivity contribution is 0.191. The zero-order chi connectivity index (χ0) is 10.6. The van der Waals surface area contributed by atoms with Crippen LogP contribution >= 0.6 is 15.9 Å². The van der Waals surface area contributed by atoms with Crippen molar-refractivity contribution in [3.05, 3.63) is 28.2 Å². The summed E-state index contributed by atoms with van der Waals surface area (Å²) in [6.07, 6.45) is 0.467. The number of aliphatic hydroxyl groups is 1. The fourth-order valence-corrected chi connectivity index (χ4v) is 1.57. The lowest BCUT2D eigenvalue weighted by Gasteiger charge is -2.13. The predicted octanol–water partition coefficient (Wildman–Crippen LogP) is 3.29. The quantitative estimate of drug-likeness (QED) is 0.899. The summed E-state index contributed by atoms with van der Waals surface area (Å²) in [6.45, 7) is 4.48. The minimum Gasteiger partial charge on any atom is -0.493 e. The molecule has 0 radical (unpaired) electrons. The highest BCUT2D eigenvalue weighted by Crippen LogP contribution is 2.28. The van der Waals surface area contributed by atoms with Gasteiger partial charge in [0.15, 0.2) is 0 Å². The largest absolute Gasteiger partial charge is 0.493 e. The maximum absolute atomic E-state index is 9.53. The van der Waals surface area contributed by atoms with Crippen LogP contribution in [0.5, 0.6) is 5.75 Å². The van der Waals surface area contributed by atoms with Crippen LogP contribution in [0.15, 0.2) is 22.7 Å². The number of rotatable bonds is 4. The van der Waals surface area contributed by atoms with E-state index < -0.39 is 6.10 Å². The van der Waals surface area contributed by atoms with Crippen LogP contribution in [0.1, 0.15) is 31.9 Å². The first-order valence-corrected chi connectivity index (χ1v) is 5.54. The Balaban J connectivity index is 2.90. The van der Waals surface area contributed by atoms with Crippen LogP contribution in [0.25, 0.3) is 0 Å². The molecule has 0 spiro atoms. The third kappa shape index (κ3) is 3.00. The van der Waals surface area contributed by atoms with E-state index in [0.717, 1.165) is 22.2 Å². The molecule has 0 amide bonds. The van der Waals surface area contributed by atoms with Gasteiger partial charge in [-0.05, 0) is 31.5 Å². The summed E-state index contributed by atoms with van der Waals surface area (Å²) in [7, 11) is 0. The summed E-state index contributed by atoms with van der Waals surface area (Å²) in [5.41, 5.74) is 0.827. The summed E-state index contributed by atoms with van der Waals surface area (Å²) in [5, 5.41) is 9.53. The molecule has 0 heterocycles. The molecule has 0 saturated carbocycles. The van der Waals surface area contributed by atoms with Crippen molar-refractivity contribution in [2.24, 2.45) is 0 Å². The van der Waals surface area contributed by atoms with Gasteiger partial charge < -0.3 is 9.84 Å². The Morgan fingerprint density at radius 2 is 2.21 bits per heavy atom. The van der Waals surface area contributed by atoms with Crippen LogP contribution in [0.2, 0.25) is 0 Å². The molecule has 3 heteroatoms. The Bertz CT molecular complexity index is 297. The first-order valence-electron chi connectivity index (χ1n) is 4.75.